The molecule has 154 valence electrons. The van der Waals surface area contributed by atoms with E-state index in [1.165, 1.54) is 26.4 Å². The van der Waals surface area contributed by atoms with Gasteiger partial charge in [0.2, 0.25) is 0 Å². The van der Waals surface area contributed by atoms with Crippen molar-refractivity contribution in [2.24, 2.45) is 5.92 Å². The average molecular weight is 392 g/mol. The second-order valence-electron chi connectivity index (χ2n) is 6.97. The maximum Gasteiger partial charge on any atom is 0.338 e. The Morgan fingerprint density at radius 3 is 2.25 bits per heavy atom. The van der Waals surface area contributed by atoms with Gasteiger partial charge in [0.05, 0.1) is 19.8 Å². The minimum atomic E-state index is -0.715. The van der Waals surface area contributed by atoms with Gasteiger partial charge in [0, 0.05) is 11.6 Å². The van der Waals surface area contributed by atoms with E-state index < -0.39 is 24.5 Å². The van der Waals surface area contributed by atoms with Crippen LogP contribution in [0, 0.1) is 12.8 Å². The summed E-state index contributed by atoms with van der Waals surface area (Å²) in [6.45, 7) is 3.31. The molecule has 0 saturated heterocycles. The van der Waals surface area contributed by atoms with Crippen molar-refractivity contribution in [3.8, 4) is 11.5 Å². The molecule has 1 aliphatic carbocycles. The topological polar surface area (TPSA) is 103 Å². The molecule has 0 bridgehead atoms. The Kier molecular flexibility index (Phi) is 7.66. The summed E-state index contributed by atoms with van der Waals surface area (Å²) in [6, 6.07) is 2.50. The van der Waals surface area contributed by atoms with Crippen LogP contribution in [0.4, 0.5) is 4.79 Å². The molecule has 3 amide bonds. The van der Waals surface area contributed by atoms with Crippen molar-refractivity contribution in [3.63, 3.8) is 0 Å². The van der Waals surface area contributed by atoms with Crippen LogP contribution >= 0.6 is 0 Å². The maximum atomic E-state index is 12.2. The standard InChI is InChI=1S/C20H28N2O6/c1-12-7-5-6-8-15(12)21-20(25)22-18(23)11-28-19(24)14-9-16(26-3)13(2)17(10-14)27-4/h9-10,12,15H,5-8,11H2,1-4H3,(H2,21,22,23,25). The fraction of sp³-hybridized carbons (Fsp3) is 0.550. The third-order valence-electron chi connectivity index (χ3n) is 5.00. The first-order valence-corrected chi connectivity index (χ1v) is 9.35. The summed E-state index contributed by atoms with van der Waals surface area (Å²) in [5, 5.41) is 5.00. The van der Waals surface area contributed by atoms with Crippen LogP contribution < -0.4 is 20.1 Å². The van der Waals surface area contributed by atoms with Gasteiger partial charge >= 0.3 is 12.0 Å². The summed E-state index contributed by atoms with van der Waals surface area (Å²) in [5.41, 5.74) is 0.931. The second kappa shape index (κ2) is 9.96. The number of rotatable bonds is 6. The number of hydrogen-bond donors (Lipinski definition) is 2. The number of amides is 3. The Morgan fingerprint density at radius 2 is 1.68 bits per heavy atom. The number of methoxy groups -OCH3 is 2. The van der Waals surface area contributed by atoms with Crippen molar-refractivity contribution < 1.29 is 28.6 Å². The minimum Gasteiger partial charge on any atom is -0.496 e. The first kappa shape index (κ1) is 21.5. The van der Waals surface area contributed by atoms with Crippen molar-refractivity contribution in [3.05, 3.63) is 23.3 Å². The molecule has 2 unspecified atom stereocenters. The monoisotopic (exact) mass is 392 g/mol. The van der Waals surface area contributed by atoms with Crippen molar-refractivity contribution in [1.29, 1.82) is 0 Å². The summed E-state index contributed by atoms with van der Waals surface area (Å²) < 4.78 is 15.4. The third-order valence-corrected chi connectivity index (χ3v) is 5.00. The summed E-state index contributed by atoms with van der Waals surface area (Å²) in [5.74, 6) is -0.0965. The number of urea groups is 1. The van der Waals surface area contributed by atoms with E-state index in [-0.39, 0.29) is 11.6 Å². The smallest absolute Gasteiger partial charge is 0.338 e. The molecule has 28 heavy (non-hydrogen) atoms. The van der Waals surface area contributed by atoms with E-state index >= 15 is 0 Å². The van der Waals surface area contributed by atoms with Crippen molar-refractivity contribution in [2.45, 2.75) is 45.6 Å². The minimum absolute atomic E-state index is 0.0524. The number of carbonyl (C=O) groups excluding carboxylic acids is 3. The molecule has 0 aliphatic heterocycles. The number of imide groups is 1. The molecule has 1 saturated carbocycles. The van der Waals surface area contributed by atoms with Crippen LogP contribution in [0.2, 0.25) is 0 Å². The van der Waals surface area contributed by atoms with Crippen LogP contribution in [0.15, 0.2) is 12.1 Å². The number of esters is 1. The quantitative estimate of drug-likeness (QED) is 0.722. The third kappa shape index (κ3) is 5.61. The number of nitrogens with one attached hydrogen (secondary N) is 2. The molecule has 2 N–H and O–H groups in total. The molecule has 0 heterocycles. The van der Waals surface area contributed by atoms with Gasteiger partial charge in [-0.2, -0.15) is 0 Å². The molecule has 1 aromatic carbocycles. The Labute approximate surface area is 164 Å². The predicted molar refractivity (Wildman–Crippen MR) is 103 cm³/mol. The molecule has 1 aromatic rings. The van der Waals surface area contributed by atoms with Gasteiger partial charge < -0.3 is 19.5 Å². The molecular weight excluding hydrogens is 364 g/mol. The highest BCUT2D eigenvalue weighted by Crippen LogP contribution is 2.29. The van der Waals surface area contributed by atoms with E-state index in [1.807, 2.05) is 0 Å². The summed E-state index contributed by atoms with van der Waals surface area (Å²) >= 11 is 0. The zero-order valence-corrected chi connectivity index (χ0v) is 16.8. The molecule has 0 spiro atoms. The van der Waals surface area contributed by atoms with E-state index in [2.05, 4.69) is 17.6 Å². The lowest BCUT2D eigenvalue weighted by molar-refractivity contribution is -0.123. The van der Waals surface area contributed by atoms with Crippen molar-refractivity contribution in [1.82, 2.24) is 10.6 Å². The Bertz CT molecular complexity index is 708. The van der Waals surface area contributed by atoms with Crippen LogP contribution in [-0.4, -0.2) is 44.8 Å². The molecule has 2 atom stereocenters. The first-order valence-electron chi connectivity index (χ1n) is 9.35. The summed E-state index contributed by atoms with van der Waals surface area (Å²) in [4.78, 5) is 36.1. The van der Waals surface area contributed by atoms with Gasteiger partial charge in [-0.1, -0.05) is 19.8 Å². The zero-order chi connectivity index (χ0) is 20.7. The van der Waals surface area contributed by atoms with Crippen LogP contribution in [-0.2, 0) is 9.53 Å². The maximum absolute atomic E-state index is 12.2. The van der Waals surface area contributed by atoms with Gasteiger partial charge in [-0.25, -0.2) is 9.59 Å². The zero-order valence-electron chi connectivity index (χ0n) is 16.8. The summed E-state index contributed by atoms with van der Waals surface area (Å²) in [6.07, 6.45) is 4.17. The molecule has 2 rings (SSSR count). The lowest BCUT2D eigenvalue weighted by Crippen LogP contribution is -2.48. The molecule has 8 heteroatoms. The fourth-order valence-electron chi connectivity index (χ4n) is 3.32. The van der Waals surface area contributed by atoms with Gasteiger partial charge in [-0.15, -0.1) is 0 Å². The van der Waals surface area contributed by atoms with E-state index in [0.717, 1.165) is 31.2 Å². The number of carbonyl (C=O) groups is 3. The van der Waals surface area contributed by atoms with Gasteiger partial charge in [0.1, 0.15) is 11.5 Å². The van der Waals surface area contributed by atoms with Crippen LogP contribution in [0.1, 0.15) is 48.5 Å². The number of benzene rings is 1. The highest BCUT2D eigenvalue weighted by Gasteiger charge is 2.23. The molecular formula is C20H28N2O6. The van der Waals surface area contributed by atoms with Crippen LogP contribution in [0.5, 0.6) is 11.5 Å². The Morgan fingerprint density at radius 1 is 1.07 bits per heavy atom. The predicted octanol–water partition coefficient (Wildman–Crippen LogP) is 2.57. The lowest BCUT2D eigenvalue weighted by Gasteiger charge is -2.29. The van der Waals surface area contributed by atoms with E-state index in [9.17, 15) is 14.4 Å². The first-order chi connectivity index (χ1) is 13.3. The van der Waals surface area contributed by atoms with Crippen LogP contribution in [0.3, 0.4) is 0 Å². The summed E-state index contributed by atoms with van der Waals surface area (Å²) in [7, 11) is 2.96. The van der Waals surface area contributed by atoms with Crippen LogP contribution in [0.25, 0.3) is 0 Å². The Hall–Kier alpha value is -2.77. The highest BCUT2D eigenvalue weighted by molar-refractivity contribution is 5.97. The average Bonchev–Trinajstić information content (AvgIpc) is 2.68. The molecule has 8 nitrogen and oxygen atoms in total. The molecule has 1 aliphatic rings. The normalized spacial score (nSPS) is 18.7. The van der Waals surface area contributed by atoms with Gasteiger partial charge in [-0.05, 0) is 37.8 Å². The van der Waals surface area contributed by atoms with Gasteiger partial charge in [-0.3, -0.25) is 10.1 Å². The number of hydrogen-bond acceptors (Lipinski definition) is 6. The van der Waals surface area contributed by atoms with Crippen molar-refractivity contribution in [2.75, 3.05) is 20.8 Å². The Balaban J connectivity index is 1.86. The van der Waals surface area contributed by atoms with Gasteiger partial charge in [0.25, 0.3) is 5.91 Å². The second-order valence-corrected chi connectivity index (χ2v) is 6.97. The van der Waals surface area contributed by atoms with Gasteiger partial charge in [0.15, 0.2) is 6.61 Å². The molecule has 0 radical (unpaired) electrons. The van der Waals surface area contributed by atoms with E-state index in [0.29, 0.717) is 17.4 Å². The highest BCUT2D eigenvalue weighted by atomic mass is 16.5. The number of ether oxygens (including phenoxy) is 3. The fourth-order valence-corrected chi connectivity index (χ4v) is 3.32. The molecule has 0 aromatic heterocycles. The van der Waals surface area contributed by atoms with E-state index in [1.54, 1.807) is 6.92 Å². The largest absolute Gasteiger partial charge is 0.496 e. The van der Waals surface area contributed by atoms with Crippen molar-refractivity contribution >= 4 is 17.9 Å². The SMILES string of the molecule is COc1cc(C(=O)OCC(=O)NC(=O)NC2CCCCC2C)cc(OC)c1C. The molecule has 1 fully saturated rings. The van der Waals surface area contributed by atoms with E-state index in [4.69, 9.17) is 14.2 Å². The lowest BCUT2D eigenvalue weighted by atomic mass is 9.86.